The van der Waals surface area contributed by atoms with Gasteiger partial charge in [-0.3, -0.25) is 0 Å². The average molecular weight is 342 g/mol. The third-order valence-electron chi connectivity index (χ3n) is 3.61. The van der Waals surface area contributed by atoms with E-state index in [0.717, 1.165) is 21.6 Å². The molecule has 0 radical (unpaired) electrons. The highest BCUT2D eigenvalue weighted by Crippen LogP contribution is 2.33. The van der Waals surface area contributed by atoms with Gasteiger partial charge < -0.3 is 9.84 Å². The van der Waals surface area contributed by atoms with Gasteiger partial charge in [0.1, 0.15) is 22.2 Å². The van der Waals surface area contributed by atoms with Gasteiger partial charge in [-0.2, -0.15) is 0 Å². The summed E-state index contributed by atoms with van der Waals surface area (Å²) in [6.07, 6.45) is 0. The molecule has 1 heterocycles. The maximum Gasteiger partial charge on any atom is 0.353 e. The first-order valence-corrected chi connectivity index (χ1v) is 8.14. The molecule has 122 valence electrons. The van der Waals surface area contributed by atoms with E-state index in [9.17, 15) is 14.3 Å². The molecule has 0 atom stereocenters. The Morgan fingerprint density at radius 3 is 2.29 bits per heavy atom. The van der Waals surface area contributed by atoms with Crippen LogP contribution < -0.4 is 4.74 Å². The summed E-state index contributed by atoms with van der Waals surface area (Å²) >= 11 is 1.31. The average Bonchev–Trinajstić information content (AvgIpc) is 3.04. The van der Waals surface area contributed by atoms with Gasteiger partial charge in [0.05, 0.1) is 0 Å². The molecule has 3 nitrogen and oxygen atoms in total. The van der Waals surface area contributed by atoms with E-state index >= 15 is 0 Å². The molecule has 0 bridgehead atoms. The Morgan fingerprint density at radius 1 is 1.04 bits per heavy atom. The lowest BCUT2D eigenvalue weighted by atomic mass is 10.0. The number of phenols is 1. The fourth-order valence-electron chi connectivity index (χ4n) is 2.36. The van der Waals surface area contributed by atoms with E-state index in [-0.39, 0.29) is 11.6 Å². The molecule has 0 amide bonds. The maximum absolute atomic E-state index is 12.9. The maximum atomic E-state index is 12.9. The number of ether oxygens (including phenoxy) is 1. The molecule has 1 N–H and O–H groups in total. The Labute approximate surface area is 143 Å². The lowest BCUT2D eigenvalue weighted by molar-refractivity contribution is 0.0739. The van der Waals surface area contributed by atoms with E-state index in [2.05, 4.69) is 0 Å². The predicted octanol–water partition coefficient (Wildman–Crippen LogP) is 5.10. The number of aryl methyl sites for hydroxylation is 2. The Hall–Kier alpha value is -2.66. The Balaban J connectivity index is 1.82. The molecule has 0 unspecified atom stereocenters. The first-order chi connectivity index (χ1) is 11.4. The zero-order valence-electron chi connectivity index (χ0n) is 13.2. The summed E-state index contributed by atoms with van der Waals surface area (Å²) in [6.45, 7) is 3.67. The first-order valence-electron chi connectivity index (χ1n) is 7.32. The third-order valence-corrected chi connectivity index (χ3v) is 4.72. The molecular formula is C19H15FO3S. The highest BCUT2D eigenvalue weighted by Gasteiger charge is 2.14. The van der Waals surface area contributed by atoms with Crippen LogP contribution in [0.1, 0.15) is 20.8 Å². The van der Waals surface area contributed by atoms with Crippen molar-refractivity contribution in [3.63, 3.8) is 0 Å². The Kier molecular flexibility index (Phi) is 4.36. The van der Waals surface area contributed by atoms with Gasteiger partial charge in [0.2, 0.25) is 0 Å². The van der Waals surface area contributed by atoms with E-state index < -0.39 is 5.97 Å². The number of hydrogen-bond donors (Lipinski definition) is 1. The molecule has 1 aromatic heterocycles. The second-order valence-corrected chi connectivity index (χ2v) is 6.55. The van der Waals surface area contributed by atoms with Crippen LogP contribution in [0.2, 0.25) is 0 Å². The van der Waals surface area contributed by atoms with Crippen molar-refractivity contribution in [3.05, 3.63) is 70.4 Å². The molecule has 3 aromatic rings. The Bertz CT molecular complexity index is 874. The number of halogens is 1. The van der Waals surface area contributed by atoms with Crippen LogP contribution in [0.3, 0.4) is 0 Å². The lowest BCUT2D eigenvalue weighted by Gasteiger charge is -2.06. The third kappa shape index (κ3) is 3.31. The second-order valence-electron chi connectivity index (χ2n) is 5.47. The van der Waals surface area contributed by atoms with Gasteiger partial charge in [-0.1, -0.05) is 0 Å². The number of aromatic hydroxyl groups is 1. The van der Waals surface area contributed by atoms with E-state index in [4.69, 9.17) is 4.74 Å². The summed E-state index contributed by atoms with van der Waals surface area (Å²) in [5.74, 6) is -0.282. The van der Waals surface area contributed by atoms with Crippen LogP contribution in [0.4, 0.5) is 4.39 Å². The van der Waals surface area contributed by atoms with Gasteiger partial charge in [0.15, 0.2) is 0 Å². The molecule has 0 aliphatic carbocycles. The molecule has 0 aliphatic rings. The van der Waals surface area contributed by atoms with Crippen molar-refractivity contribution in [1.29, 1.82) is 0 Å². The smallest absolute Gasteiger partial charge is 0.353 e. The standard InChI is InChI=1S/C19H15FO3S/c1-11-9-13(10-12(2)18(11)21)16-7-8-17(24-16)19(22)23-15-5-3-14(20)4-6-15/h3-10,21H,1-2H3. The number of benzene rings is 2. The Morgan fingerprint density at radius 2 is 1.67 bits per heavy atom. The quantitative estimate of drug-likeness (QED) is 0.532. The zero-order chi connectivity index (χ0) is 17.3. The topological polar surface area (TPSA) is 46.5 Å². The van der Waals surface area contributed by atoms with Crippen LogP contribution >= 0.6 is 11.3 Å². The monoisotopic (exact) mass is 342 g/mol. The lowest BCUT2D eigenvalue weighted by Crippen LogP contribution is -2.06. The van der Waals surface area contributed by atoms with Crippen molar-refractivity contribution in [3.8, 4) is 21.9 Å². The summed E-state index contributed by atoms with van der Waals surface area (Å²) in [4.78, 5) is 13.6. The molecule has 2 aromatic carbocycles. The normalized spacial score (nSPS) is 10.6. The number of carbonyl (C=O) groups excluding carboxylic acids is 1. The fourth-order valence-corrected chi connectivity index (χ4v) is 3.23. The minimum Gasteiger partial charge on any atom is -0.507 e. The van der Waals surface area contributed by atoms with Crippen molar-refractivity contribution >= 4 is 17.3 Å². The number of esters is 1. The molecule has 24 heavy (non-hydrogen) atoms. The molecule has 5 heteroatoms. The number of phenolic OH excluding ortho intramolecular Hbond substituents is 1. The van der Waals surface area contributed by atoms with Gasteiger partial charge in [-0.25, -0.2) is 9.18 Å². The number of thiophene rings is 1. The van der Waals surface area contributed by atoms with Crippen molar-refractivity contribution in [2.45, 2.75) is 13.8 Å². The second kappa shape index (κ2) is 6.45. The van der Waals surface area contributed by atoms with E-state index in [1.54, 1.807) is 6.07 Å². The van der Waals surface area contributed by atoms with Gasteiger partial charge in [-0.05, 0) is 79.1 Å². The van der Waals surface area contributed by atoms with Crippen molar-refractivity contribution in [2.75, 3.05) is 0 Å². The van der Waals surface area contributed by atoms with E-state index in [0.29, 0.717) is 10.6 Å². The van der Waals surface area contributed by atoms with Crippen LogP contribution in [0, 0.1) is 19.7 Å². The number of rotatable bonds is 3. The molecule has 3 rings (SSSR count). The summed E-state index contributed by atoms with van der Waals surface area (Å²) in [5.41, 5.74) is 2.51. The summed E-state index contributed by atoms with van der Waals surface area (Å²) in [7, 11) is 0. The molecule has 0 saturated carbocycles. The van der Waals surface area contributed by atoms with Gasteiger partial charge in [0, 0.05) is 4.88 Å². The zero-order valence-corrected chi connectivity index (χ0v) is 14.0. The summed E-state index contributed by atoms with van der Waals surface area (Å²) < 4.78 is 18.1. The molecule has 0 saturated heterocycles. The van der Waals surface area contributed by atoms with Gasteiger partial charge in [0.25, 0.3) is 0 Å². The minimum absolute atomic E-state index is 0.284. The van der Waals surface area contributed by atoms with Crippen molar-refractivity contribution < 1.29 is 19.0 Å². The predicted molar refractivity (Wildman–Crippen MR) is 92.3 cm³/mol. The molecule has 0 aliphatic heterocycles. The van der Waals surface area contributed by atoms with Gasteiger partial charge >= 0.3 is 5.97 Å². The molecular weight excluding hydrogens is 327 g/mol. The molecule has 0 fully saturated rings. The van der Waals surface area contributed by atoms with Crippen LogP contribution in [0.25, 0.3) is 10.4 Å². The summed E-state index contributed by atoms with van der Waals surface area (Å²) in [5, 5.41) is 9.86. The SMILES string of the molecule is Cc1cc(-c2ccc(C(=O)Oc3ccc(F)cc3)s2)cc(C)c1O. The van der Waals surface area contributed by atoms with Gasteiger partial charge in [-0.15, -0.1) is 11.3 Å². The number of hydrogen-bond acceptors (Lipinski definition) is 4. The molecule has 0 spiro atoms. The van der Waals surface area contributed by atoms with E-state index in [1.807, 2.05) is 32.0 Å². The fraction of sp³-hybridized carbons (Fsp3) is 0.105. The van der Waals surface area contributed by atoms with E-state index in [1.165, 1.54) is 35.6 Å². The highest BCUT2D eigenvalue weighted by molar-refractivity contribution is 7.17. The van der Waals surface area contributed by atoms with Crippen LogP contribution in [0.5, 0.6) is 11.5 Å². The van der Waals surface area contributed by atoms with Crippen LogP contribution in [0.15, 0.2) is 48.5 Å². The van der Waals surface area contributed by atoms with Crippen molar-refractivity contribution in [2.24, 2.45) is 0 Å². The van der Waals surface area contributed by atoms with Crippen LogP contribution in [-0.2, 0) is 0 Å². The minimum atomic E-state index is -0.481. The largest absolute Gasteiger partial charge is 0.507 e. The highest BCUT2D eigenvalue weighted by atomic mass is 32.1. The first kappa shape index (κ1) is 16.2. The van der Waals surface area contributed by atoms with Crippen LogP contribution in [-0.4, -0.2) is 11.1 Å². The van der Waals surface area contributed by atoms with Crippen molar-refractivity contribution in [1.82, 2.24) is 0 Å². The number of carbonyl (C=O) groups is 1. The summed E-state index contributed by atoms with van der Waals surface area (Å²) in [6, 6.07) is 12.6.